The Morgan fingerprint density at radius 3 is 2.47 bits per heavy atom. The Morgan fingerprint density at radius 1 is 0.933 bits per heavy atom. The first kappa shape index (κ1) is 20.0. The molecule has 1 aliphatic rings. The third-order valence-corrected chi connectivity index (χ3v) is 5.28. The molecule has 0 radical (unpaired) electrons. The fourth-order valence-electron chi connectivity index (χ4n) is 3.60. The summed E-state index contributed by atoms with van der Waals surface area (Å²) in [6.45, 7) is 1.93. The van der Waals surface area contributed by atoms with Crippen LogP contribution in [0.2, 0.25) is 0 Å². The molecule has 4 rings (SSSR count). The molecule has 0 bridgehead atoms. The van der Waals surface area contributed by atoms with Gasteiger partial charge in [0, 0.05) is 23.9 Å². The fourth-order valence-corrected chi connectivity index (χ4v) is 3.60. The number of hydrogen-bond acceptors (Lipinski definition) is 4. The molecule has 30 heavy (non-hydrogen) atoms. The first-order valence-electron chi connectivity index (χ1n) is 10.0. The minimum atomic E-state index is 0.00566. The summed E-state index contributed by atoms with van der Waals surface area (Å²) in [5.74, 6) is 1.31. The minimum absolute atomic E-state index is 0.00566. The van der Waals surface area contributed by atoms with Gasteiger partial charge in [-0.15, -0.1) is 0 Å². The lowest BCUT2D eigenvalue weighted by atomic mass is 10.0. The monoisotopic (exact) mass is 402 g/mol. The van der Waals surface area contributed by atoms with Crippen LogP contribution in [-0.4, -0.2) is 45.2 Å². The van der Waals surface area contributed by atoms with Crippen molar-refractivity contribution in [2.75, 3.05) is 39.3 Å². The number of fused-ring (bicyclic) bond motifs is 1. The van der Waals surface area contributed by atoms with Gasteiger partial charge in [-0.25, -0.2) is 0 Å². The molecule has 1 amide bonds. The average Bonchev–Trinajstić information content (AvgIpc) is 3.10. The summed E-state index contributed by atoms with van der Waals surface area (Å²) in [5, 5.41) is 0. The first-order valence-corrected chi connectivity index (χ1v) is 10.0. The fraction of sp³-hybridized carbons (Fsp3) is 0.240. The first-order chi connectivity index (χ1) is 14.6. The molecule has 0 N–H and O–H groups in total. The number of nitrogens with zero attached hydrogens (tertiary/aromatic N) is 2. The number of ether oxygens (including phenoxy) is 2. The summed E-state index contributed by atoms with van der Waals surface area (Å²) in [6.07, 6.45) is 0. The van der Waals surface area contributed by atoms with Gasteiger partial charge in [-0.2, -0.15) is 0 Å². The van der Waals surface area contributed by atoms with Gasteiger partial charge in [0.15, 0.2) is 11.5 Å². The molecule has 1 aliphatic heterocycles. The van der Waals surface area contributed by atoms with Gasteiger partial charge in [0.2, 0.25) is 0 Å². The van der Waals surface area contributed by atoms with E-state index in [-0.39, 0.29) is 5.91 Å². The van der Waals surface area contributed by atoms with E-state index in [1.165, 1.54) is 0 Å². The van der Waals surface area contributed by atoms with Crippen LogP contribution < -0.4 is 14.4 Å². The molecule has 5 nitrogen and oxygen atoms in total. The number of methoxy groups -OCH3 is 1. The van der Waals surface area contributed by atoms with Crippen molar-refractivity contribution in [2.45, 2.75) is 6.54 Å². The van der Waals surface area contributed by atoms with Crippen molar-refractivity contribution >= 4 is 11.6 Å². The van der Waals surface area contributed by atoms with Gasteiger partial charge >= 0.3 is 0 Å². The van der Waals surface area contributed by atoms with Crippen molar-refractivity contribution in [3.05, 3.63) is 77.9 Å². The van der Waals surface area contributed by atoms with Crippen LogP contribution in [0.3, 0.4) is 0 Å². The maximum Gasteiger partial charge on any atom is 0.258 e. The highest BCUT2D eigenvalue weighted by molar-refractivity contribution is 6.10. The predicted molar refractivity (Wildman–Crippen MR) is 119 cm³/mol. The number of amides is 1. The Bertz CT molecular complexity index is 1050. The zero-order valence-corrected chi connectivity index (χ0v) is 17.6. The predicted octanol–water partition coefficient (Wildman–Crippen LogP) is 4.46. The Labute approximate surface area is 177 Å². The summed E-state index contributed by atoms with van der Waals surface area (Å²) in [5.41, 5.74) is 4.74. The van der Waals surface area contributed by atoms with Crippen LogP contribution in [-0.2, 0) is 6.54 Å². The van der Waals surface area contributed by atoms with Crippen molar-refractivity contribution in [2.24, 2.45) is 0 Å². The van der Waals surface area contributed by atoms with E-state index < -0.39 is 0 Å². The van der Waals surface area contributed by atoms with Crippen molar-refractivity contribution < 1.29 is 14.3 Å². The summed E-state index contributed by atoms with van der Waals surface area (Å²) in [4.78, 5) is 17.0. The van der Waals surface area contributed by atoms with Crippen molar-refractivity contribution in [1.29, 1.82) is 0 Å². The molecule has 154 valence electrons. The number of benzene rings is 3. The van der Waals surface area contributed by atoms with Gasteiger partial charge in [0.1, 0.15) is 6.61 Å². The molecule has 1 heterocycles. The van der Waals surface area contributed by atoms with E-state index in [2.05, 4.69) is 23.1 Å². The van der Waals surface area contributed by atoms with E-state index in [4.69, 9.17) is 9.47 Å². The number of rotatable bonds is 7. The molecular formula is C25H26N2O3. The van der Waals surface area contributed by atoms with Crippen molar-refractivity contribution in [3.63, 3.8) is 0 Å². The maximum absolute atomic E-state index is 13.2. The van der Waals surface area contributed by atoms with Crippen LogP contribution in [0.5, 0.6) is 11.5 Å². The topological polar surface area (TPSA) is 42.0 Å². The van der Waals surface area contributed by atoms with E-state index in [9.17, 15) is 4.79 Å². The van der Waals surface area contributed by atoms with Gasteiger partial charge in [-0.3, -0.25) is 4.79 Å². The molecule has 0 spiro atoms. The second-order valence-corrected chi connectivity index (χ2v) is 7.62. The van der Waals surface area contributed by atoms with Gasteiger partial charge in [-0.1, -0.05) is 42.5 Å². The van der Waals surface area contributed by atoms with E-state index in [0.717, 1.165) is 34.5 Å². The number of likely N-dealkylation sites (N-methyl/N-ethyl adjacent to an activating group) is 1. The molecule has 0 unspecified atom stereocenters. The Hall–Kier alpha value is -3.31. The van der Waals surface area contributed by atoms with E-state index >= 15 is 0 Å². The van der Waals surface area contributed by atoms with Crippen molar-refractivity contribution in [1.82, 2.24) is 4.90 Å². The third-order valence-electron chi connectivity index (χ3n) is 5.28. The zero-order chi connectivity index (χ0) is 21.1. The third kappa shape index (κ3) is 4.02. The number of hydrogen-bond donors (Lipinski definition) is 0. The van der Waals surface area contributed by atoms with Gasteiger partial charge in [0.25, 0.3) is 5.91 Å². The van der Waals surface area contributed by atoms with Crippen LogP contribution in [0.4, 0.5) is 5.69 Å². The summed E-state index contributed by atoms with van der Waals surface area (Å²) in [6, 6.07) is 21.9. The Morgan fingerprint density at radius 2 is 1.73 bits per heavy atom. The molecule has 0 aliphatic carbocycles. The smallest absolute Gasteiger partial charge is 0.258 e. The highest BCUT2D eigenvalue weighted by Gasteiger charge is 2.29. The number of anilines is 1. The van der Waals surface area contributed by atoms with Crippen LogP contribution in [0.25, 0.3) is 11.1 Å². The van der Waals surface area contributed by atoms with E-state index in [1.54, 1.807) is 12.0 Å². The summed E-state index contributed by atoms with van der Waals surface area (Å²) >= 11 is 0. The molecule has 5 heteroatoms. The zero-order valence-electron chi connectivity index (χ0n) is 17.6. The molecular weight excluding hydrogens is 376 g/mol. The largest absolute Gasteiger partial charge is 0.493 e. The van der Waals surface area contributed by atoms with Crippen LogP contribution >= 0.6 is 0 Å². The molecule has 0 aromatic heterocycles. The lowest BCUT2D eigenvalue weighted by Crippen LogP contribution is -2.23. The molecule has 0 atom stereocenters. The van der Waals surface area contributed by atoms with E-state index in [0.29, 0.717) is 24.7 Å². The molecule has 3 aromatic rings. The van der Waals surface area contributed by atoms with Crippen LogP contribution in [0, 0.1) is 0 Å². The summed E-state index contributed by atoms with van der Waals surface area (Å²) in [7, 11) is 5.62. The highest BCUT2D eigenvalue weighted by atomic mass is 16.5. The molecule has 0 saturated carbocycles. The van der Waals surface area contributed by atoms with E-state index in [1.807, 2.05) is 62.6 Å². The molecule has 0 fully saturated rings. The second-order valence-electron chi connectivity index (χ2n) is 7.62. The highest BCUT2D eigenvalue weighted by Crippen LogP contribution is 2.36. The van der Waals surface area contributed by atoms with Gasteiger partial charge < -0.3 is 19.3 Å². The molecule has 3 aromatic carbocycles. The van der Waals surface area contributed by atoms with Gasteiger partial charge in [0.05, 0.1) is 13.7 Å². The van der Waals surface area contributed by atoms with Crippen LogP contribution in [0.15, 0.2) is 66.7 Å². The lowest BCUT2D eigenvalue weighted by molar-refractivity contribution is 0.0996. The maximum atomic E-state index is 13.2. The summed E-state index contributed by atoms with van der Waals surface area (Å²) < 4.78 is 11.4. The standard InChI is InChI=1S/C25H26N2O3/c1-26(2)13-14-30-23-12-11-21(16-24(23)29-3)27-17-20-10-9-19(15-22(20)25(27)28)18-7-5-4-6-8-18/h4-12,15-16H,13-14,17H2,1-3H3. The Balaban J connectivity index is 1.56. The average molecular weight is 402 g/mol. The quantitative estimate of drug-likeness (QED) is 0.585. The van der Waals surface area contributed by atoms with Crippen molar-refractivity contribution in [3.8, 4) is 22.6 Å². The SMILES string of the molecule is COc1cc(N2Cc3ccc(-c4ccccc4)cc3C2=O)ccc1OCCN(C)C. The Kier molecular flexibility index (Phi) is 5.72. The minimum Gasteiger partial charge on any atom is -0.493 e. The number of carbonyl (C=O) groups excluding carboxylic acids is 1. The number of carbonyl (C=O) groups is 1. The second kappa shape index (κ2) is 8.59. The normalized spacial score (nSPS) is 12.9. The van der Waals surface area contributed by atoms with Gasteiger partial charge in [-0.05, 0) is 49.0 Å². The molecule has 0 saturated heterocycles. The van der Waals surface area contributed by atoms with Crippen LogP contribution in [0.1, 0.15) is 15.9 Å². The lowest BCUT2D eigenvalue weighted by Gasteiger charge is -2.19.